The van der Waals surface area contributed by atoms with Gasteiger partial charge in [-0.2, -0.15) is 5.26 Å². The second-order valence-electron chi connectivity index (χ2n) is 4.47. The van der Waals surface area contributed by atoms with Gasteiger partial charge < -0.3 is 10.6 Å². The van der Waals surface area contributed by atoms with Crippen LogP contribution in [0.1, 0.15) is 5.56 Å². The molecule has 0 unspecified atom stereocenters. The first-order valence-corrected chi connectivity index (χ1v) is 6.81. The fraction of sp³-hybridized carbons (Fsp3) is 0.0667. The van der Waals surface area contributed by atoms with Crippen LogP contribution >= 0.6 is 15.9 Å². The van der Waals surface area contributed by atoms with Gasteiger partial charge in [0.05, 0.1) is 5.69 Å². The van der Waals surface area contributed by atoms with Gasteiger partial charge in [0.15, 0.2) is 0 Å². The maximum Gasteiger partial charge on any atom is 0.269 e. The number of anilines is 2. The van der Waals surface area contributed by atoms with Crippen molar-refractivity contribution in [3.05, 3.63) is 58.6 Å². The number of nitrogens with one attached hydrogen (secondary N) is 2. The van der Waals surface area contributed by atoms with E-state index in [2.05, 4.69) is 32.6 Å². The third kappa shape index (κ3) is 1.77. The van der Waals surface area contributed by atoms with Crippen molar-refractivity contribution in [1.82, 2.24) is 0 Å². The highest BCUT2D eigenvalue weighted by molar-refractivity contribution is 9.10. The third-order valence-electron chi connectivity index (χ3n) is 3.28. The molecule has 4 nitrogen and oxygen atoms in total. The smallest absolute Gasteiger partial charge is 0.269 e. The Morgan fingerprint density at radius 1 is 1.15 bits per heavy atom. The van der Waals surface area contributed by atoms with Crippen molar-refractivity contribution >= 4 is 33.2 Å². The first-order chi connectivity index (χ1) is 9.67. The largest absolute Gasteiger partial charge is 0.355 e. The summed E-state index contributed by atoms with van der Waals surface area (Å²) in [5.74, 6) is -0.364. The van der Waals surface area contributed by atoms with Crippen LogP contribution in [0.3, 0.4) is 0 Å². The van der Waals surface area contributed by atoms with Gasteiger partial charge in [-0.25, -0.2) is 0 Å². The highest BCUT2D eigenvalue weighted by Crippen LogP contribution is 2.39. The number of carbonyl (C=O) groups excluding carboxylic acids is 1. The van der Waals surface area contributed by atoms with Crippen LogP contribution in [-0.4, -0.2) is 5.91 Å². The molecule has 1 aliphatic rings. The van der Waals surface area contributed by atoms with Crippen molar-refractivity contribution in [3.63, 3.8) is 0 Å². The topological polar surface area (TPSA) is 64.9 Å². The molecule has 2 aromatic rings. The summed E-state index contributed by atoms with van der Waals surface area (Å²) in [7, 11) is 0. The number of nitriles is 1. The predicted octanol–water partition coefficient (Wildman–Crippen LogP) is 3.23. The maximum absolute atomic E-state index is 12.3. The van der Waals surface area contributed by atoms with Crippen LogP contribution in [0.2, 0.25) is 0 Å². The summed E-state index contributed by atoms with van der Waals surface area (Å²) in [5.41, 5.74) is 0.600. The molecule has 0 saturated carbocycles. The lowest BCUT2D eigenvalue weighted by Crippen LogP contribution is -2.40. The molecule has 3 rings (SSSR count). The van der Waals surface area contributed by atoms with E-state index in [1.165, 1.54) is 0 Å². The maximum atomic E-state index is 12.3. The molecule has 0 spiro atoms. The van der Waals surface area contributed by atoms with Crippen LogP contribution < -0.4 is 10.6 Å². The summed E-state index contributed by atoms with van der Waals surface area (Å²) in [4.78, 5) is 12.3. The fourth-order valence-electron chi connectivity index (χ4n) is 2.29. The minimum atomic E-state index is -1.40. The number of hydrogen-bond acceptors (Lipinski definition) is 3. The van der Waals surface area contributed by atoms with Gasteiger partial charge in [-0.1, -0.05) is 30.3 Å². The summed E-state index contributed by atoms with van der Waals surface area (Å²) in [5, 5.41) is 15.4. The second kappa shape index (κ2) is 4.66. The molecule has 0 aromatic heterocycles. The van der Waals surface area contributed by atoms with Crippen LogP contribution in [0.15, 0.2) is 53.0 Å². The van der Waals surface area contributed by atoms with E-state index in [4.69, 9.17) is 0 Å². The van der Waals surface area contributed by atoms with Gasteiger partial charge in [-0.15, -0.1) is 0 Å². The van der Waals surface area contributed by atoms with Gasteiger partial charge in [-0.05, 0) is 34.1 Å². The molecule has 0 bridgehead atoms. The Morgan fingerprint density at radius 3 is 2.60 bits per heavy atom. The summed E-state index contributed by atoms with van der Waals surface area (Å²) in [6.07, 6.45) is 0. The lowest BCUT2D eigenvalue weighted by atomic mass is 9.92. The lowest BCUT2D eigenvalue weighted by molar-refractivity contribution is -0.118. The molecule has 2 N–H and O–H groups in total. The summed E-state index contributed by atoms with van der Waals surface area (Å²) < 4.78 is 0.798. The molecule has 0 saturated heterocycles. The zero-order valence-corrected chi connectivity index (χ0v) is 11.9. The zero-order chi connectivity index (χ0) is 14.2. The zero-order valence-electron chi connectivity index (χ0n) is 10.4. The van der Waals surface area contributed by atoms with Crippen molar-refractivity contribution in [2.45, 2.75) is 5.54 Å². The molecule has 1 heterocycles. The molecule has 1 aliphatic heterocycles. The van der Waals surface area contributed by atoms with Crippen molar-refractivity contribution in [2.75, 3.05) is 10.6 Å². The SMILES string of the molecule is N#C[C@@]1(Nc2ccccc2Br)C(=O)Nc2ccccc21. The molecular weight excluding hydrogens is 318 g/mol. The van der Waals surface area contributed by atoms with Gasteiger partial charge in [-0.3, -0.25) is 4.79 Å². The monoisotopic (exact) mass is 327 g/mol. The number of amides is 1. The second-order valence-corrected chi connectivity index (χ2v) is 5.32. The summed E-state index contributed by atoms with van der Waals surface area (Å²) >= 11 is 3.41. The molecule has 0 fully saturated rings. The van der Waals surface area contributed by atoms with E-state index in [1.54, 1.807) is 12.1 Å². The number of fused-ring (bicyclic) bond motifs is 1. The van der Waals surface area contributed by atoms with Crippen LogP contribution in [0.5, 0.6) is 0 Å². The molecule has 98 valence electrons. The average Bonchev–Trinajstić information content (AvgIpc) is 2.74. The Kier molecular flexibility index (Phi) is 2.96. The molecule has 2 aromatic carbocycles. The number of hydrogen-bond donors (Lipinski definition) is 2. The van der Waals surface area contributed by atoms with Gasteiger partial charge in [0.2, 0.25) is 5.54 Å². The van der Waals surface area contributed by atoms with Crippen LogP contribution in [0, 0.1) is 11.3 Å². The Hall–Kier alpha value is -2.32. The lowest BCUT2D eigenvalue weighted by Gasteiger charge is -2.22. The van der Waals surface area contributed by atoms with Crippen molar-refractivity contribution in [2.24, 2.45) is 0 Å². The Balaban J connectivity index is 2.12. The van der Waals surface area contributed by atoms with Crippen LogP contribution in [0.25, 0.3) is 0 Å². The van der Waals surface area contributed by atoms with Gasteiger partial charge in [0.25, 0.3) is 5.91 Å². The van der Waals surface area contributed by atoms with Gasteiger partial charge in [0.1, 0.15) is 6.07 Å². The number of rotatable bonds is 2. The van der Waals surface area contributed by atoms with Crippen molar-refractivity contribution in [1.29, 1.82) is 5.26 Å². The standard InChI is InChI=1S/C15H10BrN3O/c16-11-6-2-4-8-13(11)19-15(9-17)10-5-1-3-7-12(10)18-14(15)20/h1-8,19H,(H,18,20)/t15-/m0/s1. The number of para-hydroxylation sites is 2. The molecule has 0 aliphatic carbocycles. The molecule has 20 heavy (non-hydrogen) atoms. The van der Waals surface area contributed by atoms with E-state index in [0.29, 0.717) is 16.9 Å². The highest BCUT2D eigenvalue weighted by atomic mass is 79.9. The Morgan fingerprint density at radius 2 is 1.85 bits per heavy atom. The quantitative estimate of drug-likeness (QED) is 0.889. The summed E-state index contributed by atoms with van der Waals surface area (Å²) in [6, 6.07) is 16.7. The van der Waals surface area contributed by atoms with Crippen LogP contribution in [-0.2, 0) is 10.3 Å². The first-order valence-electron chi connectivity index (χ1n) is 6.02. The van der Waals surface area contributed by atoms with Gasteiger partial charge in [0, 0.05) is 15.7 Å². The molecule has 1 amide bonds. The van der Waals surface area contributed by atoms with E-state index >= 15 is 0 Å². The minimum Gasteiger partial charge on any atom is -0.355 e. The highest BCUT2D eigenvalue weighted by Gasteiger charge is 2.47. The van der Waals surface area contributed by atoms with E-state index in [1.807, 2.05) is 36.4 Å². The number of nitrogens with zero attached hydrogens (tertiary/aromatic N) is 1. The number of benzene rings is 2. The van der Waals surface area contributed by atoms with Crippen molar-refractivity contribution in [3.8, 4) is 6.07 Å². The number of carbonyl (C=O) groups is 1. The first kappa shape index (κ1) is 12.7. The Labute approximate surface area is 124 Å². The van der Waals surface area contributed by atoms with E-state index < -0.39 is 5.54 Å². The average molecular weight is 328 g/mol. The molecule has 1 atom stereocenters. The summed E-state index contributed by atoms with van der Waals surface area (Å²) in [6.45, 7) is 0. The minimum absolute atomic E-state index is 0.364. The van der Waals surface area contributed by atoms with E-state index in [9.17, 15) is 10.1 Å². The van der Waals surface area contributed by atoms with Crippen molar-refractivity contribution < 1.29 is 4.79 Å². The normalized spacial score (nSPS) is 19.9. The Bertz CT molecular complexity index is 738. The predicted molar refractivity (Wildman–Crippen MR) is 80.1 cm³/mol. The third-order valence-corrected chi connectivity index (χ3v) is 3.98. The number of halogens is 1. The van der Waals surface area contributed by atoms with Gasteiger partial charge >= 0.3 is 0 Å². The molecule has 0 radical (unpaired) electrons. The van der Waals surface area contributed by atoms with E-state index in [0.717, 1.165) is 4.47 Å². The van der Waals surface area contributed by atoms with Crippen LogP contribution in [0.4, 0.5) is 11.4 Å². The molecular formula is C15H10BrN3O. The molecule has 5 heteroatoms. The fourth-order valence-corrected chi connectivity index (χ4v) is 2.67. The van der Waals surface area contributed by atoms with E-state index in [-0.39, 0.29) is 5.91 Å².